The van der Waals surface area contributed by atoms with Crippen LogP contribution in [0.2, 0.25) is 0 Å². The number of unbranched alkanes of at least 4 members (excludes halogenated alkanes) is 24. The number of carbonyl (C=O) groups is 3. The van der Waals surface area contributed by atoms with Crippen LogP contribution in [-0.2, 0) is 28.6 Å². The Labute approximate surface area is 401 Å². The second-order valence-corrected chi connectivity index (χ2v) is 17.8. The lowest BCUT2D eigenvalue weighted by atomic mass is 10.0. The van der Waals surface area contributed by atoms with Gasteiger partial charge >= 0.3 is 17.9 Å². The van der Waals surface area contributed by atoms with Crippen molar-refractivity contribution in [1.29, 1.82) is 0 Å². The number of hydrogen-bond donors (Lipinski definition) is 0. The molecule has 0 saturated heterocycles. The molecule has 0 aromatic heterocycles. The van der Waals surface area contributed by atoms with Crippen molar-refractivity contribution in [2.24, 2.45) is 0 Å². The lowest BCUT2D eigenvalue weighted by Crippen LogP contribution is -2.30. The van der Waals surface area contributed by atoms with E-state index in [2.05, 4.69) is 93.7 Å². The van der Waals surface area contributed by atoms with Crippen LogP contribution in [-0.4, -0.2) is 37.2 Å². The van der Waals surface area contributed by atoms with Crippen molar-refractivity contribution in [2.45, 2.75) is 258 Å². The van der Waals surface area contributed by atoms with Gasteiger partial charge in [-0.1, -0.05) is 241 Å². The molecule has 0 amide bonds. The predicted octanol–water partition coefficient (Wildman–Crippen LogP) is 18.0. The molecule has 1 atom stereocenters. The third-order valence-corrected chi connectivity index (χ3v) is 11.4. The first-order valence-corrected chi connectivity index (χ1v) is 27.1. The monoisotopic (exact) mass is 905 g/mol. The van der Waals surface area contributed by atoms with Gasteiger partial charge in [-0.05, 0) is 77.0 Å². The van der Waals surface area contributed by atoms with Crippen LogP contribution >= 0.6 is 0 Å². The Kier molecular flexibility index (Phi) is 50.4. The number of carbonyl (C=O) groups excluding carboxylic acids is 3. The molecule has 0 aliphatic heterocycles. The maximum atomic E-state index is 12.8. The van der Waals surface area contributed by atoms with Crippen molar-refractivity contribution in [3.63, 3.8) is 0 Å². The summed E-state index contributed by atoms with van der Waals surface area (Å²) in [6.45, 7) is 6.41. The Morgan fingerprint density at radius 3 is 1.05 bits per heavy atom. The fourth-order valence-electron chi connectivity index (χ4n) is 7.37. The van der Waals surface area contributed by atoms with Crippen molar-refractivity contribution in [1.82, 2.24) is 0 Å². The van der Waals surface area contributed by atoms with E-state index in [0.717, 1.165) is 96.3 Å². The van der Waals surface area contributed by atoms with Crippen LogP contribution in [0.5, 0.6) is 0 Å². The molecule has 0 N–H and O–H groups in total. The van der Waals surface area contributed by atoms with Gasteiger partial charge in [-0.2, -0.15) is 0 Å². The second-order valence-electron chi connectivity index (χ2n) is 17.8. The summed E-state index contributed by atoms with van der Waals surface area (Å²) in [5, 5.41) is 0. The van der Waals surface area contributed by atoms with Crippen molar-refractivity contribution in [3.8, 4) is 0 Å². The minimum atomic E-state index is -0.835. The van der Waals surface area contributed by atoms with E-state index in [9.17, 15) is 14.4 Å². The van der Waals surface area contributed by atoms with Crippen LogP contribution in [0.1, 0.15) is 252 Å². The molecule has 6 nitrogen and oxygen atoms in total. The molecule has 6 heteroatoms. The van der Waals surface area contributed by atoms with Crippen LogP contribution < -0.4 is 0 Å². The Morgan fingerprint density at radius 2 is 0.646 bits per heavy atom. The molecule has 0 aromatic carbocycles. The van der Waals surface area contributed by atoms with E-state index in [-0.39, 0.29) is 31.6 Å². The van der Waals surface area contributed by atoms with Crippen molar-refractivity contribution < 1.29 is 28.6 Å². The summed E-state index contributed by atoms with van der Waals surface area (Å²) in [7, 11) is 0. The van der Waals surface area contributed by atoms with E-state index < -0.39 is 12.1 Å². The molecule has 0 saturated carbocycles. The van der Waals surface area contributed by atoms with E-state index in [4.69, 9.17) is 14.2 Å². The maximum Gasteiger partial charge on any atom is 0.310 e. The first-order valence-electron chi connectivity index (χ1n) is 27.1. The van der Waals surface area contributed by atoms with Gasteiger partial charge in [0.1, 0.15) is 13.2 Å². The van der Waals surface area contributed by atoms with Crippen LogP contribution in [0, 0.1) is 0 Å². The summed E-state index contributed by atoms with van der Waals surface area (Å²) in [5.41, 5.74) is 0. The van der Waals surface area contributed by atoms with Crippen molar-refractivity contribution >= 4 is 17.9 Å². The van der Waals surface area contributed by atoms with E-state index in [1.807, 2.05) is 6.08 Å². The molecule has 0 radical (unpaired) electrons. The Morgan fingerprint density at radius 1 is 0.338 bits per heavy atom. The molecule has 0 rings (SSSR count). The zero-order valence-electron chi connectivity index (χ0n) is 42.5. The van der Waals surface area contributed by atoms with Gasteiger partial charge in [0.05, 0.1) is 6.42 Å². The lowest BCUT2D eigenvalue weighted by Gasteiger charge is -2.18. The molecule has 1 unspecified atom stereocenters. The molecule has 65 heavy (non-hydrogen) atoms. The number of allylic oxidation sites excluding steroid dienone is 13. The molecule has 372 valence electrons. The Balaban J connectivity index is 4.49. The lowest BCUT2D eigenvalue weighted by molar-refractivity contribution is -0.166. The smallest absolute Gasteiger partial charge is 0.310 e. The van der Waals surface area contributed by atoms with Crippen LogP contribution in [0.3, 0.4) is 0 Å². The zero-order valence-corrected chi connectivity index (χ0v) is 42.5. The molecule has 0 heterocycles. The fraction of sp³-hybridized carbons (Fsp3) is 0.712. The highest BCUT2D eigenvalue weighted by molar-refractivity contribution is 5.72. The summed E-state index contributed by atoms with van der Waals surface area (Å²) in [4.78, 5) is 38.0. The largest absolute Gasteiger partial charge is 0.462 e. The summed E-state index contributed by atoms with van der Waals surface area (Å²) < 4.78 is 16.7. The van der Waals surface area contributed by atoms with Crippen molar-refractivity contribution in [3.05, 3.63) is 85.1 Å². The Hall–Kier alpha value is -3.41. The normalized spacial score (nSPS) is 12.7. The highest BCUT2D eigenvalue weighted by atomic mass is 16.6. The summed E-state index contributed by atoms with van der Waals surface area (Å²) in [5.74, 6) is -1.06. The fourth-order valence-corrected chi connectivity index (χ4v) is 7.37. The van der Waals surface area contributed by atoms with E-state index >= 15 is 0 Å². The van der Waals surface area contributed by atoms with E-state index in [1.54, 1.807) is 6.08 Å². The summed E-state index contributed by atoms with van der Waals surface area (Å²) in [6, 6.07) is 0. The minimum Gasteiger partial charge on any atom is -0.462 e. The first-order chi connectivity index (χ1) is 32.0. The maximum absolute atomic E-state index is 12.8. The topological polar surface area (TPSA) is 78.9 Å². The van der Waals surface area contributed by atoms with Gasteiger partial charge in [0.2, 0.25) is 0 Å². The average molecular weight is 905 g/mol. The summed E-state index contributed by atoms with van der Waals surface area (Å²) in [6.07, 6.45) is 68.8. The van der Waals surface area contributed by atoms with Gasteiger partial charge in [-0.3, -0.25) is 14.4 Å². The third-order valence-electron chi connectivity index (χ3n) is 11.4. The van der Waals surface area contributed by atoms with E-state index in [1.165, 1.54) is 116 Å². The van der Waals surface area contributed by atoms with Gasteiger partial charge in [-0.25, -0.2) is 0 Å². The SMILES string of the molecule is CC/C=C\C/C=C\C/C=C\C/C=C\C/C=C\CC(=O)OC(COC(=O)CCCCCCC/C=C\C/C=C\CCCCC)COC(=O)CCCCCCCCCCCCCCCCCCC. The van der Waals surface area contributed by atoms with Crippen LogP contribution in [0.15, 0.2) is 85.1 Å². The first kappa shape index (κ1) is 61.6. The molecule has 0 aliphatic rings. The minimum absolute atomic E-state index is 0.0944. The molecule has 0 spiro atoms. The van der Waals surface area contributed by atoms with Gasteiger partial charge in [-0.15, -0.1) is 0 Å². The molecular formula is C59H100O6. The number of ether oxygens (including phenoxy) is 3. The molecule has 0 aliphatic carbocycles. The van der Waals surface area contributed by atoms with E-state index in [0.29, 0.717) is 12.8 Å². The second kappa shape index (κ2) is 53.2. The van der Waals surface area contributed by atoms with Crippen LogP contribution in [0.4, 0.5) is 0 Å². The standard InChI is InChI=1S/C59H100O6/c1-4-7-10-13-16-19-22-25-28-29-32-34-37-40-43-46-49-52-58(61)64-55-56(65-59(62)53-50-47-44-41-38-35-31-27-24-21-18-15-12-9-6-3)54-63-57(60)51-48-45-42-39-36-33-30-26-23-20-17-14-11-8-5-2/h9,12,17-18,20-21,26-27,30-31,38,41,47,50,56H,4-8,10-11,13-16,19,22-25,28-29,32-37,39-40,42-46,48-49,51-55H2,1-3H3/b12-9-,20-17-,21-18-,30-26-,31-27-,41-38-,50-47-. The van der Waals surface area contributed by atoms with Gasteiger partial charge in [0, 0.05) is 12.8 Å². The van der Waals surface area contributed by atoms with Crippen molar-refractivity contribution in [2.75, 3.05) is 13.2 Å². The summed E-state index contributed by atoms with van der Waals surface area (Å²) >= 11 is 0. The quantitative estimate of drug-likeness (QED) is 0.0262. The molecular weight excluding hydrogens is 805 g/mol. The highest BCUT2D eigenvalue weighted by Gasteiger charge is 2.19. The number of hydrogen-bond acceptors (Lipinski definition) is 6. The van der Waals surface area contributed by atoms with Gasteiger partial charge in [0.25, 0.3) is 0 Å². The third kappa shape index (κ3) is 51.4. The zero-order chi connectivity index (χ0) is 47.2. The molecule has 0 bridgehead atoms. The highest BCUT2D eigenvalue weighted by Crippen LogP contribution is 2.15. The van der Waals surface area contributed by atoms with Gasteiger partial charge in [0.15, 0.2) is 6.10 Å². The predicted molar refractivity (Wildman–Crippen MR) is 279 cm³/mol. The Bertz CT molecular complexity index is 1270. The number of rotatable bonds is 48. The molecule has 0 fully saturated rings. The number of esters is 3. The molecule has 0 aromatic rings. The average Bonchev–Trinajstić information content (AvgIpc) is 3.30. The van der Waals surface area contributed by atoms with Gasteiger partial charge < -0.3 is 14.2 Å². The van der Waals surface area contributed by atoms with Crippen LogP contribution in [0.25, 0.3) is 0 Å².